The Hall–Kier alpha value is -1.82. The summed E-state index contributed by atoms with van der Waals surface area (Å²) in [6.07, 6.45) is -1.65. The smallest absolute Gasteiger partial charge is 0.298 e. The van der Waals surface area contributed by atoms with Gasteiger partial charge in [-0.05, 0) is 18.6 Å². The lowest BCUT2D eigenvalue weighted by atomic mass is 10.1. The minimum atomic E-state index is -4.56. The van der Waals surface area contributed by atoms with Gasteiger partial charge in [0, 0.05) is 18.3 Å². The summed E-state index contributed by atoms with van der Waals surface area (Å²) in [4.78, 5) is 11.1. The second-order valence-electron chi connectivity index (χ2n) is 4.51. The first-order valence-electron chi connectivity index (χ1n) is 6.26. The summed E-state index contributed by atoms with van der Waals surface area (Å²) in [5, 5.41) is 3.79. The zero-order valence-corrected chi connectivity index (χ0v) is 11.9. The molecule has 1 aromatic heterocycles. The summed E-state index contributed by atoms with van der Waals surface area (Å²) < 4.78 is 40.2. The number of aryl methyl sites for hydroxylation is 1. The maximum absolute atomic E-state index is 12.9. The van der Waals surface area contributed by atoms with Crippen LogP contribution in [0.1, 0.15) is 29.3 Å². The predicted octanol–water partition coefficient (Wildman–Crippen LogP) is 4.44. The van der Waals surface area contributed by atoms with Gasteiger partial charge in [-0.2, -0.15) is 18.3 Å². The van der Waals surface area contributed by atoms with Gasteiger partial charge in [-0.15, -0.1) is 0 Å². The second kappa shape index (κ2) is 5.89. The summed E-state index contributed by atoms with van der Waals surface area (Å²) in [5.74, 6) is 0. The molecule has 0 amide bonds. The lowest BCUT2D eigenvalue weighted by Crippen LogP contribution is -2.06. The quantitative estimate of drug-likeness (QED) is 0.781. The third kappa shape index (κ3) is 3.26. The average molecular weight is 317 g/mol. The number of benzene rings is 1. The average Bonchev–Trinajstić information content (AvgIpc) is 2.81. The van der Waals surface area contributed by atoms with Crippen LogP contribution in [0.3, 0.4) is 0 Å². The van der Waals surface area contributed by atoms with Crippen molar-refractivity contribution in [3.05, 3.63) is 40.5 Å². The Balaban J connectivity index is 2.54. The van der Waals surface area contributed by atoms with Crippen LogP contribution in [-0.4, -0.2) is 16.1 Å². The van der Waals surface area contributed by atoms with Gasteiger partial charge in [0.15, 0.2) is 6.29 Å². The van der Waals surface area contributed by atoms with Gasteiger partial charge in [0.05, 0.1) is 16.1 Å². The standard InChI is InChI=1S/C14H12ClF3N2O/c1-2-5-20-7-10(8-21)13(19-20)9-3-4-12(15)11(6-9)14(16,17)18/h3-4,6-8H,2,5H2,1H3. The lowest BCUT2D eigenvalue weighted by Gasteiger charge is -2.10. The van der Waals surface area contributed by atoms with Crippen molar-refractivity contribution in [2.45, 2.75) is 26.1 Å². The highest BCUT2D eigenvalue weighted by atomic mass is 35.5. The number of carbonyl (C=O) groups is 1. The van der Waals surface area contributed by atoms with Gasteiger partial charge in [-0.3, -0.25) is 9.48 Å². The van der Waals surface area contributed by atoms with Crippen molar-refractivity contribution in [2.75, 3.05) is 0 Å². The molecule has 0 spiro atoms. The highest BCUT2D eigenvalue weighted by molar-refractivity contribution is 6.31. The molecule has 2 rings (SSSR count). The number of alkyl halides is 3. The molecule has 1 heterocycles. The number of hydrogen-bond donors (Lipinski definition) is 0. The third-order valence-corrected chi connectivity index (χ3v) is 3.24. The van der Waals surface area contributed by atoms with Crippen molar-refractivity contribution in [3.63, 3.8) is 0 Å². The molecule has 0 radical (unpaired) electrons. The number of aromatic nitrogens is 2. The molecule has 0 aliphatic carbocycles. The maximum atomic E-state index is 12.9. The molecule has 0 bridgehead atoms. The molecule has 0 saturated carbocycles. The van der Waals surface area contributed by atoms with Crippen molar-refractivity contribution in [1.82, 2.24) is 9.78 Å². The van der Waals surface area contributed by atoms with Gasteiger partial charge in [0.1, 0.15) is 5.69 Å². The molecule has 3 nitrogen and oxygen atoms in total. The van der Waals surface area contributed by atoms with Gasteiger partial charge in [0.25, 0.3) is 0 Å². The molecule has 0 aliphatic heterocycles. The molecule has 0 aliphatic rings. The van der Waals surface area contributed by atoms with E-state index in [0.29, 0.717) is 12.8 Å². The Morgan fingerprint density at radius 1 is 1.38 bits per heavy atom. The first-order valence-corrected chi connectivity index (χ1v) is 6.64. The van der Waals surface area contributed by atoms with E-state index in [0.717, 1.165) is 18.6 Å². The monoisotopic (exact) mass is 316 g/mol. The molecular weight excluding hydrogens is 305 g/mol. The molecule has 0 N–H and O–H groups in total. The third-order valence-electron chi connectivity index (χ3n) is 2.91. The van der Waals surface area contributed by atoms with Crippen LogP contribution in [0.15, 0.2) is 24.4 Å². The summed E-state index contributed by atoms with van der Waals surface area (Å²) >= 11 is 5.58. The molecule has 0 unspecified atom stereocenters. The number of aldehydes is 1. The minimum absolute atomic E-state index is 0.212. The normalized spacial score (nSPS) is 11.7. The summed E-state index contributed by atoms with van der Waals surface area (Å²) in [6, 6.07) is 3.49. The summed E-state index contributed by atoms with van der Waals surface area (Å²) in [6.45, 7) is 2.52. The fraction of sp³-hybridized carbons (Fsp3) is 0.286. The van der Waals surface area contributed by atoms with Crippen molar-refractivity contribution < 1.29 is 18.0 Å². The van der Waals surface area contributed by atoms with Gasteiger partial charge < -0.3 is 0 Å². The second-order valence-corrected chi connectivity index (χ2v) is 4.91. The molecule has 21 heavy (non-hydrogen) atoms. The van der Waals surface area contributed by atoms with Crippen LogP contribution >= 0.6 is 11.6 Å². The number of carbonyl (C=O) groups excluding carboxylic acids is 1. The number of halogens is 4. The Kier molecular flexibility index (Phi) is 4.37. The number of nitrogens with zero attached hydrogens (tertiary/aromatic N) is 2. The van der Waals surface area contributed by atoms with E-state index in [1.165, 1.54) is 12.3 Å². The molecule has 0 atom stereocenters. The van der Waals surface area contributed by atoms with Gasteiger partial charge in [-0.25, -0.2) is 0 Å². The zero-order chi connectivity index (χ0) is 15.6. The largest absolute Gasteiger partial charge is 0.417 e. The van der Waals surface area contributed by atoms with Crippen LogP contribution in [0.2, 0.25) is 5.02 Å². The van der Waals surface area contributed by atoms with Crippen molar-refractivity contribution in [2.24, 2.45) is 0 Å². The Bertz CT molecular complexity index is 665. The van der Waals surface area contributed by atoms with Crippen LogP contribution in [-0.2, 0) is 12.7 Å². The van der Waals surface area contributed by atoms with Crippen LogP contribution < -0.4 is 0 Å². The SMILES string of the molecule is CCCn1cc(C=O)c(-c2ccc(Cl)c(C(F)(F)F)c2)n1. The van der Waals surface area contributed by atoms with E-state index < -0.39 is 11.7 Å². The highest BCUT2D eigenvalue weighted by Crippen LogP contribution is 2.37. The van der Waals surface area contributed by atoms with E-state index in [9.17, 15) is 18.0 Å². The number of hydrogen-bond acceptors (Lipinski definition) is 2. The number of rotatable bonds is 4. The Labute approximate surface area is 124 Å². The van der Waals surface area contributed by atoms with Crippen molar-refractivity contribution in [3.8, 4) is 11.3 Å². The van der Waals surface area contributed by atoms with Gasteiger partial charge >= 0.3 is 6.18 Å². The maximum Gasteiger partial charge on any atom is 0.417 e. The van der Waals surface area contributed by atoms with Gasteiger partial charge in [-0.1, -0.05) is 24.6 Å². The molecule has 112 valence electrons. The van der Waals surface area contributed by atoms with E-state index >= 15 is 0 Å². The van der Waals surface area contributed by atoms with E-state index in [1.54, 1.807) is 4.68 Å². The van der Waals surface area contributed by atoms with Crippen LogP contribution in [0.4, 0.5) is 13.2 Å². The molecule has 0 fully saturated rings. The Morgan fingerprint density at radius 3 is 2.67 bits per heavy atom. The van der Waals surface area contributed by atoms with Crippen LogP contribution in [0.5, 0.6) is 0 Å². The van der Waals surface area contributed by atoms with Gasteiger partial charge in [0.2, 0.25) is 0 Å². The van der Waals surface area contributed by atoms with E-state index in [-0.39, 0.29) is 21.8 Å². The molecule has 1 aromatic carbocycles. The molecular formula is C14H12ClF3N2O. The van der Waals surface area contributed by atoms with E-state index in [4.69, 9.17) is 11.6 Å². The van der Waals surface area contributed by atoms with Crippen molar-refractivity contribution >= 4 is 17.9 Å². The Morgan fingerprint density at radius 2 is 2.10 bits per heavy atom. The fourth-order valence-corrected chi connectivity index (χ4v) is 2.21. The van der Waals surface area contributed by atoms with Crippen molar-refractivity contribution in [1.29, 1.82) is 0 Å². The summed E-state index contributed by atoms with van der Waals surface area (Å²) in [5.41, 5.74) is -0.258. The van der Waals surface area contributed by atoms with Crippen LogP contribution in [0, 0.1) is 0 Å². The van der Waals surface area contributed by atoms with E-state index in [1.807, 2.05) is 6.92 Å². The highest BCUT2D eigenvalue weighted by Gasteiger charge is 2.33. The van der Waals surface area contributed by atoms with Crippen LogP contribution in [0.25, 0.3) is 11.3 Å². The predicted molar refractivity (Wildman–Crippen MR) is 73.4 cm³/mol. The lowest BCUT2D eigenvalue weighted by molar-refractivity contribution is -0.137. The zero-order valence-electron chi connectivity index (χ0n) is 11.1. The van der Waals surface area contributed by atoms with E-state index in [2.05, 4.69) is 5.10 Å². The summed E-state index contributed by atoms with van der Waals surface area (Å²) in [7, 11) is 0. The molecule has 7 heteroatoms. The first-order chi connectivity index (χ1) is 9.86. The molecule has 2 aromatic rings. The molecule has 0 saturated heterocycles. The fourth-order valence-electron chi connectivity index (χ4n) is 1.98. The first kappa shape index (κ1) is 15.6. The minimum Gasteiger partial charge on any atom is -0.298 e. The topological polar surface area (TPSA) is 34.9 Å².